The van der Waals surface area contributed by atoms with Crippen molar-refractivity contribution in [1.29, 1.82) is 0 Å². The van der Waals surface area contributed by atoms with Crippen molar-refractivity contribution in [2.24, 2.45) is 17.0 Å². The van der Waals surface area contributed by atoms with Crippen LogP contribution in [0.3, 0.4) is 0 Å². The van der Waals surface area contributed by atoms with Crippen LogP contribution in [0.4, 0.5) is 5.69 Å². The van der Waals surface area contributed by atoms with Gasteiger partial charge in [0.15, 0.2) is 11.5 Å². The number of ether oxygens (including phenoxy) is 2. The topological polar surface area (TPSA) is 98.0 Å². The van der Waals surface area contributed by atoms with E-state index in [9.17, 15) is 8.42 Å². The summed E-state index contributed by atoms with van der Waals surface area (Å²) in [7, 11) is -0.387. The molecule has 9 heteroatoms. The zero-order chi connectivity index (χ0) is 18.5. The highest BCUT2D eigenvalue weighted by molar-refractivity contribution is 7.86. The molecule has 3 heterocycles. The lowest BCUT2D eigenvalue weighted by atomic mass is 10.0. The number of hydrogen-bond acceptors (Lipinski definition) is 6. The lowest BCUT2D eigenvalue weighted by Gasteiger charge is -2.23. The van der Waals surface area contributed by atoms with Crippen molar-refractivity contribution in [2.45, 2.75) is 0 Å². The minimum absolute atomic E-state index is 0.289. The van der Waals surface area contributed by atoms with Crippen LogP contribution in [0.25, 0.3) is 10.9 Å². The van der Waals surface area contributed by atoms with Gasteiger partial charge in [0, 0.05) is 49.5 Å². The first kappa shape index (κ1) is 17.3. The average molecular weight is 378 g/mol. The Labute approximate surface area is 152 Å². The lowest BCUT2D eigenvalue weighted by Crippen LogP contribution is -2.37. The predicted octanol–water partition coefficient (Wildman–Crippen LogP) is 0.824. The smallest absolute Gasteiger partial charge is 0.276 e. The maximum Gasteiger partial charge on any atom is 0.276 e. The molecule has 1 aromatic carbocycles. The van der Waals surface area contributed by atoms with Crippen molar-refractivity contribution in [1.82, 2.24) is 9.29 Å². The van der Waals surface area contributed by atoms with E-state index in [1.54, 1.807) is 20.4 Å². The first-order valence-corrected chi connectivity index (χ1v) is 9.94. The molecule has 0 bridgehead atoms. The third-order valence-electron chi connectivity index (χ3n) is 5.38. The van der Waals surface area contributed by atoms with Crippen molar-refractivity contribution >= 4 is 26.8 Å². The fourth-order valence-corrected chi connectivity index (χ4v) is 4.89. The first-order chi connectivity index (χ1) is 12.4. The van der Waals surface area contributed by atoms with Gasteiger partial charge in [-0.05, 0) is 24.0 Å². The molecule has 2 fully saturated rings. The molecule has 4 rings (SSSR count). The van der Waals surface area contributed by atoms with E-state index in [1.165, 1.54) is 4.31 Å². The Balaban J connectivity index is 1.65. The Morgan fingerprint density at radius 1 is 1.08 bits per heavy atom. The van der Waals surface area contributed by atoms with Gasteiger partial charge in [0.05, 0.1) is 19.7 Å². The van der Waals surface area contributed by atoms with E-state index in [-0.39, 0.29) is 11.8 Å². The number of nitrogens with two attached hydrogens (primary N) is 1. The van der Waals surface area contributed by atoms with Crippen LogP contribution in [0.15, 0.2) is 24.4 Å². The van der Waals surface area contributed by atoms with Gasteiger partial charge in [-0.1, -0.05) is 0 Å². The number of aromatic nitrogens is 1. The number of fused-ring (bicyclic) bond motifs is 2. The summed E-state index contributed by atoms with van der Waals surface area (Å²) in [4.78, 5) is 6.74. The number of methoxy groups -OCH3 is 2. The molecule has 2 unspecified atom stereocenters. The summed E-state index contributed by atoms with van der Waals surface area (Å²) in [6.45, 7) is 2.56. The van der Waals surface area contributed by atoms with Gasteiger partial charge in [-0.15, -0.1) is 0 Å². The van der Waals surface area contributed by atoms with E-state index in [0.29, 0.717) is 24.6 Å². The van der Waals surface area contributed by atoms with Crippen LogP contribution < -0.4 is 19.5 Å². The Morgan fingerprint density at radius 3 is 2.27 bits per heavy atom. The van der Waals surface area contributed by atoms with Gasteiger partial charge in [-0.3, -0.25) is 4.98 Å². The second-order valence-electron chi connectivity index (χ2n) is 6.84. The zero-order valence-corrected chi connectivity index (χ0v) is 15.6. The number of pyridine rings is 1. The molecule has 1 aromatic heterocycles. The largest absolute Gasteiger partial charge is 0.493 e. The molecule has 0 saturated carbocycles. The summed E-state index contributed by atoms with van der Waals surface area (Å²) in [6, 6.07) is 5.81. The summed E-state index contributed by atoms with van der Waals surface area (Å²) in [5, 5.41) is 6.27. The molecule has 2 N–H and O–H groups in total. The Hall–Kier alpha value is -2.10. The number of rotatable bonds is 4. The van der Waals surface area contributed by atoms with Crippen molar-refractivity contribution in [3.63, 3.8) is 0 Å². The highest BCUT2D eigenvalue weighted by Crippen LogP contribution is 2.39. The molecular weight excluding hydrogens is 356 g/mol. The number of anilines is 1. The molecule has 2 atom stereocenters. The van der Waals surface area contributed by atoms with Crippen LogP contribution in [0.5, 0.6) is 11.5 Å². The van der Waals surface area contributed by atoms with E-state index in [0.717, 1.165) is 29.7 Å². The van der Waals surface area contributed by atoms with Crippen LogP contribution in [-0.2, 0) is 10.2 Å². The SMILES string of the molecule is COc1cc2nccc(N3CC4CN(S(N)(=O)=O)CC4C3)c2cc1OC. The average Bonchev–Trinajstić information content (AvgIpc) is 3.18. The Morgan fingerprint density at radius 2 is 1.69 bits per heavy atom. The van der Waals surface area contributed by atoms with Crippen LogP contribution in [-0.4, -0.2) is 58.1 Å². The monoisotopic (exact) mass is 378 g/mol. The number of hydrogen-bond donors (Lipinski definition) is 1. The molecule has 2 aliphatic rings. The summed E-state index contributed by atoms with van der Waals surface area (Å²) in [5.41, 5.74) is 1.91. The van der Waals surface area contributed by atoms with Gasteiger partial charge in [0.25, 0.3) is 10.2 Å². The van der Waals surface area contributed by atoms with Crippen LogP contribution in [0, 0.1) is 11.8 Å². The number of benzene rings is 1. The van der Waals surface area contributed by atoms with Gasteiger partial charge in [0.1, 0.15) is 0 Å². The van der Waals surface area contributed by atoms with E-state index in [4.69, 9.17) is 14.6 Å². The first-order valence-electron chi connectivity index (χ1n) is 8.44. The molecule has 2 aromatic rings. The maximum absolute atomic E-state index is 11.6. The van der Waals surface area contributed by atoms with Crippen molar-refractivity contribution in [3.8, 4) is 11.5 Å². The Bertz CT molecular complexity index is 935. The second-order valence-corrected chi connectivity index (χ2v) is 8.39. The molecule has 2 saturated heterocycles. The normalized spacial score (nSPS) is 23.4. The van der Waals surface area contributed by atoms with Gasteiger partial charge < -0.3 is 14.4 Å². The van der Waals surface area contributed by atoms with Gasteiger partial charge in [-0.2, -0.15) is 12.7 Å². The Kier molecular flexibility index (Phi) is 4.17. The molecule has 26 heavy (non-hydrogen) atoms. The van der Waals surface area contributed by atoms with Crippen molar-refractivity contribution < 1.29 is 17.9 Å². The van der Waals surface area contributed by atoms with Gasteiger partial charge in [-0.25, -0.2) is 5.14 Å². The standard InChI is InChI=1S/C17H22N4O4S/c1-24-16-5-13-14(6-17(16)25-2)19-4-3-15(13)20-7-11-9-21(26(18,22)23)10-12(11)8-20/h3-6,11-12H,7-10H2,1-2H3,(H2,18,22,23). The van der Waals surface area contributed by atoms with E-state index in [2.05, 4.69) is 9.88 Å². The quantitative estimate of drug-likeness (QED) is 0.846. The summed E-state index contributed by atoms with van der Waals surface area (Å²) >= 11 is 0. The van der Waals surface area contributed by atoms with E-state index in [1.807, 2.05) is 18.2 Å². The molecule has 8 nitrogen and oxygen atoms in total. The molecular formula is C17H22N4O4S. The minimum atomic E-state index is -3.60. The van der Waals surface area contributed by atoms with E-state index >= 15 is 0 Å². The highest BCUT2D eigenvalue weighted by atomic mass is 32.2. The third kappa shape index (κ3) is 2.85. The number of nitrogens with zero attached hydrogens (tertiary/aromatic N) is 3. The summed E-state index contributed by atoms with van der Waals surface area (Å²) in [5.74, 6) is 1.88. The van der Waals surface area contributed by atoms with Crippen LogP contribution >= 0.6 is 0 Å². The summed E-state index contributed by atoms with van der Waals surface area (Å²) < 4.78 is 35.3. The summed E-state index contributed by atoms with van der Waals surface area (Å²) in [6.07, 6.45) is 1.79. The lowest BCUT2D eigenvalue weighted by molar-refractivity contribution is 0.356. The molecule has 0 spiro atoms. The molecule has 2 aliphatic heterocycles. The second kappa shape index (κ2) is 6.26. The highest BCUT2D eigenvalue weighted by Gasteiger charge is 2.43. The molecule has 0 amide bonds. The maximum atomic E-state index is 11.6. The minimum Gasteiger partial charge on any atom is -0.493 e. The molecule has 0 aliphatic carbocycles. The van der Waals surface area contributed by atoms with Crippen molar-refractivity contribution in [2.75, 3.05) is 45.3 Å². The van der Waals surface area contributed by atoms with Gasteiger partial charge >= 0.3 is 0 Å². The van der Waals surface area contributed by atoms with Crippen molar-refractivity contribution in [3.05, 3.63) is 24.4 Å². The van der Waals surface area contributed by atoms with Crippen LogP contribution in [0.1, 0.15) is 0 Å². The van der Waals surface area contributed by atoms with Gasteiger partial charge in [0.2, 0.25) is 0 Å². The molecule has 140 valence electrons. The van der Waals surface area contributed by atoms with E-state index < -0.39 is 10.2 Å². The fourth-order valence-electron chi connectivity index (χ4n) is 4.09. The fraction of sp³-hybridized carbons (Fsp3) is 0.471. The van der Waals surface area contributed by atoms with Crippen LogP contribution in [0.2, 0.25) is 0 Å². The third-order valence-corrected chi connectivity index (χ3v) is 6.40. The molecule has 0 radical (unpaired) electrons. The zero-order valence-electron chi connectivity index (χ0n) is 14.8. The predicted molar refractivity (Wildman–Crippen MR) is 98.7 cm³/mol.